The zero-order valence-corrected chi connectivity index (χ0v) is 21.7. The Morgan fingerprint density at radius 3 is 1.97 bits per heavy atom. The van der Waals surface area contributed by atoms with Crippen molar-refractivity contribution in [1.82, 2.24) is 0 Å². The molecule has 5 aromatic carbocycles. The van der Waals surface area contributed by atoms with Crippen molar-refractivity contribution in [2.75, 3.05) is 9.80 Å². The highest BCUT2D eigenvalue weighted by Crippen LogP contribution is 2.49. The molecule has 0 spiro atoms. The van der Waals surface area contributed by atoms with E-state index in [0.717, 1.165) is 27.6 Å². The van der Waals surface area contributed by atoms with Crippen LogP contribution in [0.5, 0.6) is 0 Å². The molecular formula is C34H21BN2OS. The molecule has 0 atom stereocenters. The Balaban J connectivity index is 1.43. The second kappa shape index (κ2) is 7.89. The summed E-state index contributed by atoms with van der Waals surface area (Å²) < 4.78 is 8.18. The topological polar surface area (TPSA) is 19.6 Å². The monoisotopic (exact) mass is 516 g/mol. The number of furan rings is 1. The number of nitrogens with zero attached hydrogens (tertiary/aromatic N) is 2. The number of hydrogen-bond donors (Lipinski definition) is 0. The Morgan fingerprint density at radius 2 is 1.18 bits per heavy atom. The molecule has 0 radical (unpaired) electrons. The molecule has 0 N–H and O–H groups in total. The molecule has 0 saturated heterocycles. The van der Waals surface area contributed by atoms with Crippen LogP contribution in [0.3, 0.4) is 0 Å². The standard InChI is InChI=1S/C34H21BN2OS/c1-3-12-22(13-4-1)36-26-18-9-8-17-25(26)35-31-27(36)19-11-20-28(31)37(23-14-5-2-6-15-23)32-30-24-16-7-10-21-29(24)39-34(30)38-33(32)35/h1-21H. The number of anilines is 6. The summed E-state index contributed by atoms with van der Waals surface area (Å²) >= 11 is 1.74. The molecule has 182 valence electrons. The molecule has 0 aliphatic carbocycles. The lowest BCUT2D eigenvalue weighted by atomic mass is 9.35. The van der Waals surface area contributed by atoms with Gasteiger partial charge in [-0.15, -0.1) is 0 Å². The Bertz CT molecular complexity index is 2050. The SMILES string of the molecule is c1ccc(N2c3ccccc3B3c4oc5sc6ccccc6c5c4N(c4ccccc4)c4cccc2c43)cc1. The molecule has 4 heterocycles. The van der Waals surface area contributed by atoms with Crippen LogP contribution in [0.15, 0.2) is 132 Å². The van der Waals surface area contributed by atoms with Crippen molar-refractivity contribution in [2.45, 2.75) is 0 Å². The molecule has 0 saturated carbocycles. The Morgan fingerprint density at radius 1 is 0.564 bits per heavy atom. The van der Waals surface area contributed by atoms with Crippen molar-refractivity contribution in [3.8, 4) is 0 Å². The first-order valence-electron chi connectivity index (χ1n) is 13.2. The highest BCUT2D eigenvalue weighted by Gasteiger charge is 2.46. The van der Waals surface area contributed by atoms with Gasteiger partial charge in [0.15, 0.2) is 4.90 Å². The van der Waals surface area contributed by atoms with Gasteiger partial charge in [-0.1, -0.05) is 90.2 Å². The number of fused-ring (bicyclic) bond motifs is 8. The maximum Gasteiger partial charge on any atom is 0.297 e. The van der Waals surface area contributed by atoms with Gasteiger partial charge < -0.3 is 14.2 Å². The van der Waals surface area contributed by atoms with Crippen LogP contribution < -0.4 is 26.4 Å². The Labute approximate surface area is 230 Å². The van der Waals surface area contributed by atoms with Crippen LogP contribution in [0.25, 0.3) is 20.4 Å². The number of hydrogen-bond acceptors (Lipinski definition) is 4. The van der Waals surface area contributed by atoms with Crippen LogP contribution in [-0.4, -0.2) is 6.71 Å². The van der Waals surface area contributed by atoms with Gasteiger partial charge >= 0.3 is 0 Å². The van der Waals surface area contributed by atoms with Crippen molar-refractivity contribution in [2.24, 2.45) is 0 Å². The second-order valence-electron chi connectivity index (χ2n) is 10.1. The molecule has 0 amide bonds. The summed E-state index contributed by atoms with van der Waals surface area (Å²) in [6, 6.07) is 45.5. The highest BCUT2D eigenvalue weighted by molar-refractivity contribution is 7.25. The normalized spacial score (nSPS) is 13.5. The molecule has 0 fully saturated rings. The van der Waals surface area contributed by atoms with E-state index in [4.69, 9.17) is 4.42 Å². The van der Waals surface area contributed by atoms with E-state index in [2.05, 4.69) is 137 Å². The molecule has 7 aromatic rings. The number of benzene rings is 5. The average molecular weight is 516 g/mol. The van der Waals surface area contributed by atoms with Crippen molar-refractivity contribution in [3.63, 3.8) is 0 Å². The number of para-hydroxylation sites is 3. The van der Waals surface area contributed by atoms with Gasteiger partial charge in [0.1, 0.15) is 5.66 Å². The fourth-order valence-corrected chi connectivity index (χ4v) is 7.62. The molecule has 2 aliphatic heterocycles. The van der Waals surface area contributed by atoms with E-state index in [1.807, 2.05) is 0 Å². The smallest absolute Gasteiger partial charge is 0.297 e. The average Bonchev–Trinajstić information content (AvgIpc) is 3.54. The van der Waals surface area contributed by atoms with Crippen molar-refractivity contribution < 1.29 is 4.42 Å². The van der Waals surface area contributed by atoms with Gasteiger partial charge in [0.25, 0.3) is 6.71 Å². The predicted molar refractivity (Wildman–Crippen MR) is 166 cm³/mol. The van der Waals surface area contributed by atoms with E-state index in [9.17, 15) is 0 Å². The molecule has 0 bridgehead atoms. The lowest BCUT2D eigenvalue weighted by Crippen LogP contribution is -2.60. The van der Waals surface area contributed by atoms with Gasteiger partial charge in [0.05, 0.1) is 11.1 Å². The Kier molecular flexibility index (Phi) is 4.29. The third-order valence-corrected chi connectivity index (χ3v) is 9.12. The van der Waals surface area contributed by atoms with Crippen molar-refractivity contribution >= 4 is 89.1 Å². The molecule has 3 nitrogen and oxygen atoms in total. The van der Waals surface area contributed by atoms with E-state index in [1.54, 1.807) is 11.3 Å². The lowest BCUT2D eigenvalue weighted by molar-refractivity contribution is 0.659. The van der Waals surface area contributed by atoms with Crippen LogP contribution in [-0.2, 0) is 0 Å². The first kappa shape index (κ1) is 21.2. The minimum atomic E-state index is 0.000636. The van der Waals surface area contributed by atoms with E-state index < -0.39 is 0 Å². The molecule has 2 aliphatic rings. The first-order valence-corrected chi connectivity index (χ1v) is 14.1. The molecule has 9 rings (SSSR count). The summed E-state index contributed by atoms with van der Waals surface area (Å²) in [6.45, 7) is 0.000636. The largest absolute Gasteiger partial charge is 0.457 e. The van der Waals surface area contributed by atoms with Crippen LogP contribution in [0.4, 0.5) is 34.1 Å². The summed E-state index contributed by atoms with van der Waals surface area (Å²) in [7, 11) is 0. The van der Waals surface area contributed by atoms with Crippen molar-refractivity contribution in [3.05, 3.63) is 127 Å². The maximum atomic E-state index is 6.93. The van der Waals surface area contributed by atoms with Gasteiger partial charge in [-0.05, 0) is 59.5 Å². The predicted octanol–water partition coefficient (Wildman–Crippen LogP) is 7.73. The first-order chi connectivity index (χ1) is 19.4. The lowest BCUT2D eigenvalue weighted by Gasteiger charge is -2.42. The minimum absolute atomic E-state index is 0.000636. The van der Waals surface area contributed by atoms with Gasteiger partial charge in [0.2, 0.25) is 0 Å². The van der Waals surface area contributed by atoms with E-state index >= 15 is 0 Å². The maximum absolute atomic E-state index is 6.93. The van der Waals surface area contributed by atoms with Gasteiger partial charge in [-0.3, -0.25) is 0 Å². The van der Waals surface area contributed by atoms with Gasteiger partial charge in [-0.25, -0.2) is 0 Å². The summed E-state index contributed by atoms with van der Waals surface area (Å²) in [5.74, 6) is 0. The zero-order valence-electron chi connectivity index (χ0n) is 20.9. The summed E-state index contributed by atoms with van der Waals surface area (Å²) in [5, 5.41) is 2.45. The van der Waals surface area contributed by atoms with Gasteiger partial charge in [-0.2, -0.15) is 0 Å². The second-order valence-corrected chi connectivity index (χ2v) is 11.1. The van der Waals surface area contributed by atoms with E-state index in [0.29, 0.717) is 0 Å². The van der Waals surface area contributed by atoms with Crippen LogP contribution in [0.2, 0.25) is 0 Å². The highest BCUT2D eigenvalue weighted by atomic mass is 32.1. The minimum Gasteiger partial charge on any atom is -0.457 e. The third-order valence-electron chi connectivity index (χ3n) is 8.07. The molecule has 5 heteroatoms. The van der Waals surface area contributed by atoms with Crippen LogP contribution in [0, 0.1) is 0 Å². The quantitative estimate of drug-likeness (QED) is 0.219. The van der Waals surface area contributed by atoms with E-state index in [-0.39, 0.29) is 6.71 Å². The molecule has 0 unspecified atom stereocenters. The number of rotatable bonds is 2. The van der Waals surface area contributed by atoms with Gasteiger partial charge in [0, 0.05) is 38.5 Å². The molecule has 2 aromatic heterocycles. The zero-order chi connectivity index (χ0) is 25.5. The third kappa shape index (κ3) is 2.83. The number of thiophene rings is 1. The summed E-state index contributed by atoms with van der Waals surface area (Å²) in [6.07, 6.45) is 0. The fourth-order valence-electron chi connectivity index (χ4n) is 6.55. The molecular weight excluding hydrogens is 495 g/mol. The molecule has 39 heavy (non-hydrogen) atoms. The summed E-state index contributed by atoms with van der Waals surface area (Å²) in [4.78, 5) is 5.81. The fraction of sp³-hybridized carbons (Fsp3) is 0. The van der Waals surface area contributed by atoms with Crippen molar-refractivity contribution in [1.29, 1.82) is 0 Å². The summed E-state index contributed by atoms with van der Waals surface area (Å²) in [5.41, 5.74) is 10.6. The Hall–Kier alpha value is -4.74. The van der Waals surface area contributed by atoms with Crippen LogP contribution in [0.1, 0.15) is 0 Å². The van der Waals surface area contributed by atoms with Crippen LogP contribution >= 0.6 is 11.3 Å². The van der Waals surface area contributed by atoms with E-state index in [1.165, 1.54) is 43.5 Å².